The summed E-state index contributed by atoms with van der Waals surface area (Å²) in [6.45, 7) is 6.21. The van der Waals surface area contributed by atoms with Gasteiger partial charge in [0, 0.05) is 35.6 Å². The fraction of sp³-hybridized carbons (Fsp3) is 0.393. The summed E-state index contributed by atoms with van der Waals surface area (Å²) in [6.07, 6.45) is -9.26. The van der Waals surface area contributed by atoms with E-state index in [4.69, 9.17) is 4.74 Å². The molecule has 2 heterocycles. The Morgan fingerprint density at radius 3 is 2.02 bits per heavy atom. The lowest BCUT2D eigenvalue weighted by Crippen LogP contribution is -2.47. The summed E-state index contributed by atoms with van der Waals surface area (Å²) in [5, 5.41) is 3.42. The Bertz CT molecular complexity index is 1390. The molecule has 4 rings (SSSR count). The van der Waals surface area contributed by atoms with E-state index in [1.165, 1.54) is 24.3 Å². The Balaban J connectivity index is 1.48. The van der Waals surface area contributed by atoms with Gasteiger partial charge in [-0.25, -0.2) is 9.78 Å². The summed E-state index contributed by atoms with van der Waals surface area (Å²) >= 11 is 0. The van der Waals surface area contributed by atoms with Crippen molar-refractivity contribution in [1.29, 1.82) is 0 Å². The molecule has 1 aromatic heterocycles. The average Bonchev–Trinajstić information content (AvgIpc) is 2.86. The van der Waals surface area contributed by atoms with Crippen molar-refractivity contribution in [3.05, 3.63) is 65.2 Å². The lowest BCUT2D eigenvalue weighted by atomic mass is 10.0. The van der Waals surface area contributed by atoms with Gasteiger partial charge in [-0.05, 0) is 76.1 Å². The van der Waals surface area contributed by atoms with Gasteiger partial charge in [0.1, 0.15) is 5.60 Å². The SMILES string of the molecule is CC(C)(C)OC(=O)N1CCC(NC(=O)c2ccc3nc(-c4cc(C(F)(F)F)cc(C(F)(F)F)c4)ccc3c2)CC1. The molecule has 1 aliphatic rings. The standard InChI is InChI=1S/C28H27F6N3O3/c1-26(2,3)40-25(39)37-10-8-21(9-11-37)35-24(38)17-5-7-22-16(12-17)4-6-23(36-22)18-13-19(27(29,30)31)15-20(14-18)28(32,33)34/h4-7,12-15,21H,8-11H2,1-3H3,(H,35,38). The van der Waals surface area contributed by atoms with Crippen LogP contribution >= 0.6 is 0 Å². The highest BCUT2D eigenvalue weighted by atomic mass is 19.4. The molecule has 0 aliphatic carbocycles. The van der Waals surface area contributed by atoms with Crippen LogP contribution < -0.4 is 5.32 Å². The third-order valence-corrected chi connectivity index (χ3v) is 6.32. The van der Waals surface area contributed by atoms with E-state index in [1.807, 2.05) is 0 Å². The lowest BCUT2D eigenvalue weighted by Gasteiger charge is -2.33. The number of likely N-dealkylation sites (tertiary alicyclic amines) is 1. The number of fused-ring (bicyclic) bond motifs is 1. The number of nitrogens with zero attached hydrogens (tertiary/aromatic N) is 2. The van der Waals surface area contributed by atoms with Crippen LogP contribution in [0, 0.1) is 0 Å². The van der Waals surface area contributed by atoms with Crippen molar-refractivity contribution in [1.82, 2.24) is 15.2 Å². The number of rotatable bonds is 3. The van der Waals surface area contributed by atoms with Crippen LogP contribution in [0.2, 0.25) is 0 Å². The second-order valence-electron chi connectivity index (χ2n) is 10.6. The third-order valence-electron chi connectivity index (χ3n) is 6.32. The van der Waals surface area contributed by atoms with E-state index in [0.717, 1.165) is 0 Å². The monoisotopic (exact) mass is 567 g/mol. The number of amides is 2. The number of ether oxygens (including phenoxy) is 1. The van der Waals surface area contributed by atoms with E-state index in [2.05, 4.69) is 10.3 Å². The van der Waals surface area contributed by atoms with E-state index < -0.39 is 35.2 Å². The number of hydrogen-bond donors (Lipinski definition) is 1. The summed E-state index contributed by atoms with van der Waals surface area (Å²) in [5.74, 6) is -0.352. The fourth-order valence-electron chi connectivity index (χ4n) is 4.33. The van der Waals surface area contributed by atoms with Crippen molar-refractivity contribution in [2.75, 3.05) is 13.1 Å². The number of hydrogen-bond acceptors (Lipinski definition) is 4. The first-order valence-electron chi connectivity index (χ1n) is 12.5. The molecular weight excluding hydrogens is 540 g/mol. The number of pyridine rings is 1. The average molecular weight is 568 g/mol. The topological polar surface area (TPSA) is 71.5 Å². The Morgan fingerprint density at radius 2 is 1.48 bits per heavy atom. The number of carbonyl (C=O) groups excluding carboxylic acids is 2. The molecule has 1 fully saturated rings. The van der Waals surface area contributed by atoms with Gasteiger partial charge in [0.25, 0.3) is 5.91 Å². The number of halogens is 6. The molecule has 1 saturated heterocycles. The largest absolute Gasteiger partial charge is 0.444 e. The highest BCUT2D eigenvalue weighted by molar-refractivity contribution is 5.98. The summed E-state index contributed by atoms with van der Waals surface area (Å²) in [5.41, 5.74) is -3.25. The van der Waals surface area contributed by atoms with Gasteiger partial charge in [0.2, 0.25) is 0 Å². The fourth-order valence-corrected chi connectivity index (χ4v) is 4.33. The van der Waals surface area contributed by atoms with E-state index in [-0.39, 0.29) is 29.3 Å². The second kappa shape index (κ2) is 10.6. The molecule has 214 valence electrons. The van der Waals surface area contributed by atoms with E-state index in [0.29, 0.717) is 54.5 Å². The minimum atomic E-state index is -4.97. The molecule has 0 saturated carbocycles. The predicted octanol–water partition coefficient (Wildman–Crippen LogP) is 7.07. The van der Waals surface area contributed by atoms with Gasteiger partial charge in [0.15, 0.2) is 0 Å². The van der Waals surface area contributed by atoms with E-state index in [9.17, 15) is 35.9 Å². The first-order chi connectivity index (χ1) is 18.5. The minimum Gasteiger partial charge on any atom is -0.444 e. The van der Waals surface area contributed by atoms with Gasteiger partial charge in [-0.15, -0.1) is 0 Å². The molecule has 0 atom stereocenters. The van der Waals surface area contributed by atoms with Crippen molar-refractivity contribution in [3.8, 4) is 11.3 Å². The lowest BCUT2D eigenvalue weighted by molar-refractivity contribution is -0.143. The Kier molecular flexibility index (Phi) is 7.75. The van der Waals surface area contributed by atoms with Crippen molar-refractivity contribution in [2.45, 2.75) is 57.6 Å². The number of nitrogens with one attached hydrogen (secondary N) is 1. The van der Waals surface area contributed by atoms with Gasteiger partial charge in [-0.2, -0.15) is 26.3 Å². The van der Waals surface area contributed by atoms with Crippen LogP contribution in [0.15, 0.2) is 48.5 Å². The molecule has 1 aliphatic heterocycles. The van der Waals surface area contributed by atoms with Crippen LogP contribution in [0.4, 0.5) is 31.1 Å². The molecule has 2 aromatic carbocycles. The van der Waals surface area contributed by atoms with Crippen LogP contribution in [0.3, 0.4) is 0 Å². The van der Waals surface area contributed by atoms with Crippen molar-refractivity contribution < 1.29 is 40.7 Å². The number of aromatic nitrogens is 1. The van der Waals surface area contributed by atoms with Crippen LogP contribution in [0.5, 0.6) is 0 Å². The Morgan fingerprint density at radius 1 is 0.875 bits per heavy atom. The normalized spacial score (nSPS) is 15.3. The molecule has 3 aromatic rings. The van der Waals surface area contributed by atoms with Crippen LogP contribution in [0.1, 0.15) is 55.1 Å². The van der Waals surface area contributed by atoms with Crippen molar-refractivity contribution in [3.63, 3.8) is 0 Å². The maximum Gasteiger partial charge on any atom is 0.416 e. The summed E-state index contributed by atoms with van der Waals surface area (Å²) in [6, 6.07) is 8.47. The third kappa shape index (κ3) is 7.02. The van der Waals surface area contributed by atoms with Crippen LogP contribution in [-0.2, 0) is 17.1 Å². The molecule has 1 N–H and O–H groups in total. The quantitative estimate of drug-likeness (QED) is 0.344. The van der Waals surface area contributed by atoms with Crippen molar-refractivity contribution >= 4 is 22.9 Å². The van der Waals surface area contributed by atoms with Gasteiger partial charge < -0.3 is 15.0 Å². The molecular formula is C28H27F6N3O3. The first kappa shape index (κ1) is 29.2. The van der Waals surface area contributed by atoms with Crippen LogP contribution in [-0.4, -0.2) is 46.6 Å². The highest BCUT2D eigenvalue weighted by Crippen LogP contribution is 2.38. The molecule has 0 unspecified atom stereocenters. The molecule has 0 spiro atoms. The zero-order valence-corrected chi connectivity index (χ0v) is 21.9. The number of piperidine rings is 1. The summed E-state index contributed by atoms with van der Waals surface area (Å²) < 4.78 is 84.9. The number of carbonyl (C=O) groups is 2. The summed E-state index contributed by atoms with van der Waals surface area (Å²) in [4.78, 5) is 30.9. The predicted molar refractivity (Wildman–Crippen MR) is 135 cm³/mol. The second-order valence-corrected chi connectivity index (χ2v) is 10.6. The molecule has 6 nitrogen and oxygen atoms in total. The first-order valence-corrected chi connectivity index (χ1v) is 12.5. The van der Waals surface area contributed by atoms with E-state index >= 15 is 0 Å². The van der Waals surface area contributed by atoms with E-state index in [1.54, 1.807) is 31.7 Å². The zero-order valence-electron chi connectivity index (χ0n) is 21.9. The number of alkyl halides is 6. The zero-order chi connectivity index (χ0) is 29.5. The smallest absolute Gasteiger partial charge is 0.416 e. The van der Waals surface area contributed by atoms with Gasteiger partial charge in [-0.1, -0.05) is 6.07 Å². The maximum atomic E-state index is 13.3. The van der Waals surface area contributed by atoms with Gasteiger partial charge >= 0.3 is 18.4 Å². The molecule has 0 bridgehead atoms. The minimum absolute atomic E-state index is 0.0663. The molecule has 2 amide bonds. The Hall–Kier alpha value is -3.83. The Labute approximate surface area is 226 Å². The maximum absolute atomic E-state index is 13.3. The molecule has 40 heavy (non-hydrogen) atoms. The van der Waals surface area contributed by atoms with Gasteiger partial charge in [0.05, 0.1) is 22.3 Å². The number of benzene rings is 2. The highest BCUT2D eigenvalue weighted by Gasteiger charge is 2.37. The molecule has 12 heteroatoms. The van der Waals surface area contributed by atoms with Crippen molar-refractivity contribution in [2.24, 2.45) is 0 Å². The van der Waals surface area contributed by atoms with Gasteiger partial charge in [-0.3, -0.25) is 4.79 Å². The van der Waals surface area contributed by atoms with Crippen LogP contribution in [0.25, 0.3) is 22.2 Å². The summed E-state index contributed by atoms with van der Waals surface area (Å²) in [7, 11) is 0. The molecule has 0 radical (unpaired) electrons.